The molecule has 4 nitrogen and oxygen atoms in total. The van der Waals surface area contributed by atoms with Crippen LogP contribution >= 0.6 is 11.8 Å². The van der Waals surface area contributed by atoms with Gasteiger partial charge in [0.2, 0.25) is 5.91 Å². The van der Waals surface area contributed by atoms with E-state index in [1.807, 2.05) is 31.7 Å². The van der Waals surface area contributed by atoms with Crippen LogP contribution in [0.2, 0.25) is 0 Å². The van der Waals surface area contributed by atoms with Crippen molar-refractivity contribution in [3.63, 3.8) is 0 Å². The molecule has 0 bridgehead atoms. The predicted octanol–water partition coefficient (Wildman–Crippen LogP) is 4.86. The largest absolute Gasteiger partial charge is 0.490 e. The van der Waals surface area contributed by atoms with Gasteiger partial charge in [-0.2, -0.15) is 0 Å². The van der Waals surface area contributed by atoms with Gasteiger partial charge in [0.1, 0.15) is 0 Å². The van der Waals surface area contributed by atoms with Crippen molar-refractivity contribution in [1.82, 2.24) is 4.90 Å². The lowest BCUT2D eigenvalue weighted by atomic mass is 9.98. The Morgan fingerprint density at radius 1 is 1.07 bits per heavy atom. The molecule has 2 aromatic rings. The molecule has 1 aliphatic rings. The molecule has 3 rings (SSSR count). The SMILES string of the molecule is CCOc1cc2c(cc1OCC)CN(C(=O)C(C)Sc1ccc(C)cc1)CC2. The van der Waals surface area contributed by atoms with Crippen LogP contribution in [-0.2, 0) is 17.8 Å². The molecule has 1 aliphatic heterocycles. The molecule has 1 amide bonds. The Morgan fingerprint density at radius 2 is 1.68 bits per heavy atom. The van der Waals surface area contributed by atoms with Gasteiger partial charge in [-0.15, -0.1) is 11.8 Å². The Bertz CT molecular complexity index is 819. The maximum atomic E-state index is 13.0. The summed E-state index contributed by atoms with van der Waals surface area (Å²) in [5, 5.41) is -0.113. The fourth-order valence-corrected chi connectivity index (χ4v) is 4.37. The predicted molar refractivity (Wildman–Crippen MR) is 114 cm³/mol. The number of fused-ring (bicyclic) bond motifs is 1. The highest BCUT2D eigenvalue weighted by Crippen LogP contribution is 2.34. The van der Waals surface area contributed by atoms with Crippen LogP contribution in [0.5, 0.6) is 11.5 Å². The smallest absolute Gasteiger partial charge is 0.236 e. The minimum Gasteiger partial charge on any atom is -0.490 e. The summed E-state index contributed by atoms with van der Waals surface area (Å²) < 4.78 is 11.5. The number of carbonyl (C=O) groups is 1. The Balaban J connectivity index is 1.71. The van der Waals surface area contributed by atoms with Crippen molar-refractivity contribution in [2.75, 3.05) is 19.8 Å². The van der Waals surface area contributed by atoms with Crippen LogP contribution in [0.1, 0.15) is 37.5 Å². The summed E-state index contributed by atoms with van der Waals surface area (Å²) in [5.74, 6) is 1.74. The highest BCUT2D eigenvalue weighted by molar-refractivity contribution is 8.00. The van der Waals surface area contributed by atoms with Gasteiger partial charge in [0.15, 0.2) is 11.5 Å². The van der Waals surface area contributed by atoms with Gasteiger partial charge in [0.25, 0.3) is 0 Å². The van der Waals surface area contributed by atoms with E-state index in [1.54, 1.807) is 11.8 Å². The number of ether oxygens (including phenoxy) is 2. The lowest BCUT2D eigenvalue weighted by molar-refractivity contribution is -0.131. The van der Waals surface area contributed by atoms with Gasteiger partial charge in [-0.25, -0.2) is 0 Å². The summed E-state index contributed by atoms with van der Waals surface area (Å²) in [6.45, 7) is 10.6. The second kappa shape index (κ2) is 9.37. The standard InChI is InChI=1S/C23H29NO3S/c1-5-26-21-13-18-11-12-24(15-19(18)14-22(21)27-6-2)23(25)17(4)28-20-9-7-16(3)8-10-20/h7-10,13-14,17H,5-6,11-12,15H2,1-4H3. The molecule has 0 saturated heterocycles. The number of carbonyl (C=O) groups excluding carboxylic acids is 1. The summed E-state index contributed by atoms with van der Waals surface area (Å²) in [6.07, 6.45) is 0.843. The molecule has 1 unspecified atom stereocenters. The molecule has 5 heteroatoms. The number of thioether (sulfide) groups is 1. The van der Waals surface area contributed by atoms with E-state index in [0.717, 1.165) is 34.9 Å². The first-order valence-corrected chi connectivity index (χ1v) is 10.8. The molecule has 0 radical (unpaired) electrons. The third-order valence-corrected chi connectivity index (χ3v) is 5.97. The number of amides is 1. The van der Waals surface area contributed by atoms with Crippen LogP contribution in [0, 0.1) is 6.92 Å². The number of hydrogen-bond acceptors (Lipinski definition) is 4. The van der Waals surface area contributed by atoms with Crippen molar-refractivity contribution < 1.29 is 14.3 Å². The van der Waals surface area contributed by atoms with E-state index in [9.17, 15) is 4.79 Å². The molecule has 28 heavy (non-hydrogen) atoms. The first-order valence-electron chi connectivity index (χ1n) is 9.95. The van der Waals surface area contributed by atoms with Gasteiger partial charge in [0.05, 0.1) is 18.5 Å². The lowest BCUT2D eigenvalue weighted by Crippen LogP contribution is -2.40. The molecule has 150 valence electrons. The van der Waals surface area contributed by atoms with Crippen LogP contribution in [-0.4, -0.2) is 35.8 Å². The first-order chi connectivity index (χ1) is 13.5. The molecular formula is C23H29NO3S. The Kier molecular flexibility index (Phi) is 6.89. The van der Waals surface area contributed by atoms with E-state index < -0.39 is 0 Å². The maximum absolute atomic E-state index is 13.0. The molecule has 1 heterocycles. The van der Waals surface area contributed by atoms with Gasteiger partial charge in [0, 0.05) is 18.0 Å². The normalized spacial score (nSPS) is 14.4. The van der Waals surface area contributed by atoms with Crippen LogP contribution in [0.25, 0.3) is 0 Å². The second-order valence-corrected chi connectivity index (χ2v) is 8.43. The molecule has 0 N–H and O–H groups in total. The van der Waals surface area contributed by atoms with Crippen molar-refractivity contribution in [3.05, 3.63) is 53.1 Å². The van der Waals surface area contributed by atoms with Crippen molar-refractivity contribution in [2.24, 2.45) is 0 Å². The summed E-state index contributed by atoms with van der Waals surface area (Å²) in [4.78, 5) is 16.1. The summed E-state index contributed by atoms with van der Waals surface area (Å²) in [5.41, 5.74) is 3.63. The fraction of sp³-hybridized carbons (Fsp3) is 0.435. The first kappa shape index (κ1) is 20.6. The van der Waals surface area contributed by atoms with Crippen molar-refractivity contribution in [3.8, 4) is 11.5 Å². The number of nitrogens with zero attached hydrogens (tertiary/aromatic N) is 1. The van der Waals surface area contributed by atoms with Crippen LogP contribution in [0.3, 0.4) is 0 Å². The minimum atomic E-state index is -0.113. The van der Waals surface area contributed by atoms with E-state index in [2.05, 4.69) is 37.3 Å². The van der Waals surface area contributed by atoms with Crippen molar-refractivity contribution in [2.45, 2.75) is 50.8 Å². The monoisotopic (exact) mass is 399 g/mol. The van der Waals surface area contributed by atoms with E-state index >= 15 is 0 Å². The molecular weight excluding hydrogens is 370 g/mol. The molecule has 0 saturated carbocycles. The third kappa shape index (κ3) is 4.82. The number of hydrogen-bond donors (Lipinski definition) is 0. The summed E-state index contributed by atoms with van der Waals surface area (Å²) in [7, 11) is 0. The lowest BCUT2D eigenvalue weighted by Gasteiger charge is -2.31. The number of benzene rings is 2. The zero-order valence-corrected chi connectivity index (χ0v) is 18.0. The average molecular weight is 400 g/mol. The van der Waals surface area contributed by atoms with E-state index in [-0.39, 0.29) is 11.2 Å². The summed E-state index contributed by atoms with van der Waals surface area (Å²) in [6, 6.07) is 12.5. The average Bonchev–Trinajstić information content (AvgIpc) is 2.69. The quantitative estimate of drug-likeness (QED) is 0.624. The van der Waals surface area contributed by atoms with Crippen LogP contribution < -0.4 is 9.47 Å². The van der Waals surface area contributed by atoms with E-state index in [4.69, 9.17) is 9.47 Å². The zero-order chi connectivity index (χ0) is 20.1. The summed E-state index contributed by atoms with van der Waals surface area (Å²) >= 11 is 1.62. The molecule has 0 spiro atoms. The molecule has 0 aliphatic carbocycles. The van der Waals surface area contributed by atoms with Gasteiger partial charge >= 0.3 is 0 Å². The van der Waals surface area contributed by atoms with Gasteiger partial charge < -0.3 is 14.4 Å². The zero-order valence-electron chi connectivity index (χ0n) is 17.2. The van der Waals surface area contributed by atoms with E-state index in [0.29, 0.717) is 19.8 Å². The Morgan fingerprint density at radius 3 is 2.29 bits per heavy atom. The van der Waals surface area contributed by atoms with Gasteiger partial charge in [-0.05, 0) is 69.5 Å². The topological polar surface area (TPSA) is 38.8 Å². The highest BCUT2D eigenvalue weighted by Gasteiger charge is 2.26. The van der Waals surface area contributed by atoms with Gasteiger partial charge in [-0.3, -0.25) is 4.79 Å². The molecule has 2 aromatic carbocycles. The molecule has 1 atom stereocenters. The highest BCUT2D eigenvalue weighted by atomic mass is 32.2. The number of aryl methyl sites for hydroxylation is 1. The van der Waals surface area contributed by atoms with E-state index in [1.165, 1.54) is 11.1 Å². The van der Waals surface area contributed by atoms with Crippen LogP contribution in [0.15, 0.2) is 41.3 Å². The van der Waals surface area contributed by atoms with Gasteiger partial charge in [-0.1, -0.05) is 17.7 Å². The van der Waals surface area contributed by atoms with Crippen molar-refractivity contribution >= 4 is 17.7 Å². The second-order valence-electron chi connectivity index (χ2n) is 7.02. The molecule has 0 fully saturated rings. The fourth-order valence-electron chi connectivity index (χ4n) is 3.42. The third-order valence-electron chi connectivity index (χ3n) is 4.87. The minimum absolute atomic E-state index is 0.113. The number of rotatable bonds is 7. The maximum Gasteiger partial charge on any atom is 0.236 e. The Labute approximate surface area is 172 Å². The van der Waals surface area contributed by atoms with Crippen molar-refractivity contribution in [1.29, 1.82) is 0 Å². The Hall–Kier alpha value is -2.14. The van der Waals surface area contributed by atoms with Crippen LogP contribution in [0.4, 0.5) is 0 Å². The molecule has 0 aromatic heterocycles.